The van der Waals surface area contributed by atoms with Crippen molar-refractivity contribution in [3.8, 4) is 0 Å². The maximum absolute atomic E-state index is 13.7. The fraction of sp³-hybridized carbons (Fsp3) is 0.467. The molecule has 0 unspecified atom stereocenters. The molecule has 2 aliphatic heterocycles. The number of hydrogen-bond acceptors (Lipinski definition) is 7. The second-order valence-electron chi connectivity index (χ2n) is 11.2. The Kier molecular flexibility index (Phi) is 6.95. The SMILES string of the molecule is Cc1ccc(C)c(N2CCN([C@H](c3cc4cc(C)cc(C)c4[nH]c3=O)c3nnnn3C[C@H]3CCCO3)CC2)c1. The van der Waals surface area contributed by atoms with Gasteiger partial charge in [-0.1, -0.05) is 23.8 Å². The van der Waals surface area contributed by atoms with Gasteiger partial charge in [0.15, 0.2) is 5.82 Å². The van der Waals surface area contributed by atoms with Crippen LogP contribution in [0, 0.1) is 27.7 Å². The Morgan fingerprint density at radius 1 is 1.00 bits per heavy atom. The van der Waals surface area contributed by atoms with Crippen molar-refractivity contribution in [3.05, 3.63) is 80.4 Å². The van der Waals surface area contributed by atoms with Gasteiger partial charge in [-0.3, -0.25) is 9.69 Å². The standard InChI is InChI=1S/C30H37N7O2/c1-19-7-8-21(3)26(16-19)35-9-11-36(12-10-35)28(29-32-33-34-37(29)18-24-6-5-13-39-24)25-17-23-15-20(2)14-22(4)27(23)31-30(25)38/h7-8,14-17,24,28H,5-6,9-13,18H2,1-4H3,(H,31,38)/t24-,28-/m1/s1. The highest BCUT2D eigenvalue weighted by Crippen LogP contribution is 2.31. The van der Waals surface area contributed by atoms with Crippen molar-refractivity contribution in [2.75, 3.05) is 37.7 Å². The molecule has 0 saturated carbocycles. The van der Waals surface area contributed by atoms with Crippen LogP contribution in [-0.2, 0) is 11.3 Å². The number of nitrogens with one attached hydrogen (secondary N) is 1. The average Bonchev–Trinajstić information content (AvgIpc) is 3.60. The van der Waals surface area contributed by atoms with Gasteiger partial charge in [0.25, 0.3) is 5.56 Å². The zero-order valence-corrected chi connectivity index (χ0v) is 23.3. The summed E-state index contributed by atoms with van der Waals surface area (Å²) in [5, 5.41) is 14.0. The number of rotatable bonds is 6. The number of pyridine rings is 1. The largest absolute Gasteiger partial charge is 0.376 e. The lowest BCUT2D eigenvalue weighted by molar-refractivity contribution is 0.0906. The van der Waals surface area contributed by atoms with E-state index in [2.05, 4.69) is 81.4 Å². The Balaban J connectivity index is 1.38. The molecule has 2 atom stereocenters. The van der Waals surface area contributed by atoms with Crippen LogP contribution in [-0.4, -0.2) is 69.0 Å². The number of fused-ring (bicyclic) bond motifs is 1. The number of nitrogens with zero attached hydrogens (tertiary/aromatic N) is 6. The Morgan fingerprint density at radius 3 is 2.59 bits per heavy atom. The number of aryl methyl sites for hydroxylation is 4. The van der Waals surface area contributed by atoms with E-state index in [9.17, 15) is 4.79 Å². The number of aromatic amines is 1. The molecule has 2 fully saturated rings. The highest BCUT2D eigenvalue weighted by atomic mass is 16.5. The highest BCUT2D eigenvalue weighted by molar-refractivity contribution is 5.83. The number of piperazine rings is 1. The van der Waals surface area contributed by atoms with Crippen molar-refractivity contribution in [3.63, 3.8) is 0 Å². The van der Waals surface area contributed by atoms with E-state index in [1.165, 1.54) is 22.4 Å². The molecule has 0 radical (unpaired) electrons. The number of hydrogen-bond donors (Lipinski definition) is 1. The summed E-state index contributed by atoms with van der Waals surface area (Å²) in [7, 11) is 0. The van der Waals surface area contributed by atoms with Crippen molar-refractivity contribution < 1.29 is 4.74 Å². The summed E-state index contributed by atoms with van der Waals surface area (Å²) in [6.07, 6.45) is 2.14. The summed E-state index contributed by atoms with van der Waals surface area (Å²) in [6, 6.07) is 12.5. The van der Waals surface area contributed by atoms with Crippen LogP contribution in [0.1, 0.15) is 52.5 Å². The third kappa shape index (κ3) is 5.08. The predicted octanol–water partition coefficient (Wildman–Crippen LogP) is 3.84. The Bertz CT molecular complexity index is 1540. The summed E-state index contributed by atoms with van der Waals surface area (Å²) < 4.78 is 7.75. The number of H-pyrrole nitrogens is 1. The first-order valence-corrected chi connectivity index (χ1v) is 14.0. The van der Waals surface area contributed by atoms with Gasteiger partial charge >= 0.3 is 0 Å². The molecule has 0 amide bonds. The van der Waals surface area contributed by atoms with Crippen molar-refractivity contribution in [1.29, 1.82) is 0 Å². The molecule has 39 heavy (non-hydrogen) atoms. The van der Waals surface area contributed by atoms with Gasteiger partial charge in [0.1, 0.15) is 6.04 Å². The molecule has 2 aromatic heterocycles. The van der Waals surface area contributed by atoms with Crippen LogP contribution in [0.4, 0.5) is 5.69 Å². The quantitative estimate of drug-likeness (QED) is 0.407. The van der Waals surface area contributed by atoms with Gasteiger partial charge in [0, 0.05) is 44.0 Å². The van der Waals surface area contributed by atoms with Gasteiger partial charge in [-0.25, -0.2) is 4.68 Å². The number of benzene rings is 2. The molecular weight excluding hydrogens is 490 g/mol. The summed E-state index contributed by atoms with van der Waals surface area (Å²) >= 11 is 0. The van der Waals surface area contributed by atoms with Crippen LogP contribution in [0.15, 0.2) is 41.2 Å². The first kappa shape index (κ1) is 25.7. The van der Waals surface area contributed by atoms with E-state index < -0.39 is 0 Å². The van der Waals surface area contributed by atoms with Crippen LogP contribution < -0.4 is 10.5 Å². The average molecular weight is 528 g/mol. The van der Waals surface area contributed by atoms with Crippen LogP contribution in [0.2, 0.25) is 0 Å². The molecule has 9 heteroatoms. The third-order valence-corrected chi connectivity index (χ3v) is 8.21. The van der Waals surface area contributed by atoms with Crippen LogP contribution in [0.3, 0.4) is 0 Å². The van der Waals surface area contributed by atoms with E-state index >= 15 is 0 Å². The fourth-order valence-corrected chi connectivity index (χ4v) is 6.21. The molecule has 2 saturated heterocycles. The number of anilines is 1. The summed E-state index contributed by atoms with van der Waals surface area (Å²) in [5.41, 5.74) is 7.52. The highest BCUT2D eigenvalue weighted by Gasteiger charge is 2.34. The number of tetrazole rings is 1. The minimum Gasteiger partial charge on any atom is -0.376 e. The lowest BCUT2D eigenvalue weighted by atomic mass is 10.00. The van der Waals surface area contributed by atoms with E-state index in [-0.39, 0.29) is 17.7 Å². The molecule has 4 aromatic rings. The zero-order valence-electron chi connectivity index (χ0n) is 23.3. The first-order chi connectivity index (χ1) is 18.9. The Morgan fingerprint density at radius 2 is 1.82 bits per heavy atom. The number of ether oxygens (including phenoxy) is 1. The Hall–Kier alpha value is -3.56. The molecule has 9 nitrogen and oxygen atoms in total. The fourth-order valence-electron chi connectivity index (χ4n) is 6.21. The van der Waals surface area contributed by atoms with Crippen LogP contribution in [0.25, 0.3) is 10.9 Å². The monoisotopic (exact) mass is 527 g/mol. The van der Waals surface area contributed by atoms with E-state index in [1.54, 1.807) is 0 Å². The van der Waals surface area contributed by atoms with Crippen LogP contribution in [0.5, 0.6) is 0 Å². The lowest BCUT2D eigenvalue weighted by Crippen LogP contribution is -2.49. The van der Waals surface area contributed by atoms with Gasteiger partial charge in [0.2, 0.25) is 0 Å². The maximum atomic E-state index is 13.7. The molecule has 4 heterocycles. The topological polar surface area (TPSA) is 92.2 Å². The van der Waals surface area contributed by atoms with E-state index in [4.69, 9.17) is 4.74 Å². The summed E-state index contributed by atoms with van der Waals surface area (Å²) in [6.45, 7) is 13.1. The maximum Gasteiger partial charge on any atom is 0.253 e. The van der Waals surface area contributed by atoms with Gasteiger partial charge < -0.3 is 14.6 Å². The molecule has 2 aliphatic rings. The second-order valence-corrected chi connectivity index (χ2v) is 11.2. The molecule has 0 bridgehead atoms. The van der Waals surface area contributed by atoms with Gasteiger partial charge in [-0.05, 0) is 91.2 Å². The summed E-state index contributed by atoms with van der Waals surface area (Å²) in [4.78, 5) is 21.7. The Labute approximate surface area is 228 Å². The van der Waals surface area contributed by atoms with E-state index in [1.807, 2.05) is 17.7 Å². The van der Waals surface area contributed by atoms with Crippen LogP contribution >= 0.6 is 0 Å². The third-order valence-electron chi connectivity index (χ3n) is 8.21. The smallest absolute Gasteiger partial charge is 0.253 e. The van der Waals surface area contributed by atoms with Gasteiger partial charge in [-0.15, -0.1) is 5.10 Å². The minimum absolute atomic E-state index is 0.0919. The molecule has 0 aliphatic carbocycles. The number of aromatic nitrogens is 5. The van der Waals surface area contributed by atoms with Crippen molar-refractivity contribution in [2.24, 2.45) is 0 Å². The summed E-state index contributed by atoms with van der Waals surface area (Å²) in [5.74, 6) is 0.694. The van der Waals surface area contributed by atoms with Crippen molar-refractivity contribution >= 4 is 16.6 Å². The van der Waals surface area contributed by atoms with E-state index in [0.29, 0.717) is 17.9 Å². The molecule has 2 aromatic carbocycles. The van der Waals surface area contributed by atoms with Gasteiger partial charge in [0.05, 0.1) is 18.2 Å². The molecule has 204 valence electrons. The molecule has 0 spiro atoms. The van der Waals surface area contributed by atoms with Gasteiger partial charge in [-0.2, -0.15) is 0 Å². The molecule has 6 rings (SSSR count). The first-order valence-electron chi connectivity index (χ1n) is 14.0. The molecule has 1 N–H and O–H groups in total. The predicted molar refractivity (Wildman–Crippen MR) is 152 cm³/mol. The second kappa shape index (κ2) is 10.5. The molecular formula is C30H37N7O2. The lowest BCUT2D eigenvalue weighted by Gasteiger charge is -2.40. The van der Waals surface area contributed by atoms with Crippen molar-refractivity contribution in [2.45, 2.75) is 59.2 Å². The van der Waals surface area contributed by atoms with Crippen molar-refractivity contribution in [1.82, 2.24) is 30.1 Å². The normalized spacial score (nSPS) is 19.2. The zero-order chi connectivity index (χ0) is 27.1. The van der Waals surface area contributed by atoms with E-state index in [0.717, 1.165) is 62.1 Å². The minimum atomic E-state index is -0.365.